The average molecular weight is 274 g/mol. The summed E-state index contributed by atoms with van der Waals surface area (Å²) in [4.78, 5) is 14.2. The van der Waals surface area contributed by atoms with E-state index in [0.717, 1.165) is 18.8 Å². The Hall–Kier alpha value is -1.35. The molecule has 1 aromatic rings. The van der Waals surface area contributed by atoms with Gasteiger partial charge in [0, 0.05) is 12.2 Å². The first-order chi connectivity index (χ1) is 9.34. The minimum absolute atomic E-state index is 0.0857. The Morgan fingerprint density at radius 1 is 1.30 bits per heavy atom. The Labute approximate surface area is 122 Å². The molecule has 110 valence electrons. The maximum absolute atomic E-state index is 12.0. The van der Waals surface area contributed by atoms with Crippen molar-refractivity contribution >= 4 is 11.6 Å². The molecule has 20 heavy (non-hydrogen) atoms. The van der Waals surface area contributed by atoms with Gasteiger partial charge in [0.25, 0.3) is 0 Å². The lowest BCUT2D eigenvalue weighted by molar-refractivity contribution is -0.117. The molecule has 2 rings (SSSR count). The molecule has 1 aliphatic rings. The summed E-state index contributed by atoms with van der Waals surface area (Å²) in [6.07, 6.45) is 1.20. The first kappa shape index (κ1) is 15.0. The molecule has 1 atom stereocenters. The van der Waals surface area contributed by atoms with Crippen molar-refractivity contribution < 1.29 is 4.79 Å². The van der Waals surface area contributed by atoms with E-state index in [1.165, 1.54) is 12.0 Å². The van der Waals surface area contributed by atoms with Crippen molar-refractivity contribution in [2.75, 3.05) is 25.0 Å². The molecule has 1 saturated heterocycles. The quantitative estimate of drug-likeness (QED) is 0.917. The molecule has 1 amide bonds. The minimum atomic E-state index is 0.0857. The van der Waals surface area contributed by atoms with E-state index >= 15 is 0 Å². The summed E-state index contributed by atoms with van der Waals surface area (Å²) in [5.41, 5.74) is 2.31. The molecule has 0 saturated carbocycles. The summed E-state index contributed by atoms with van der Waals surface area (Å²) >= 11 is 0. The van der Waals surface area contributed by atoms with Crippen LogP contribution in [0, 0.1) is 5.92 Å². The van der Waals surface area contributed by atoms with Gasteiger partial charge < -0.3 is 5.32 Å². The van der Waals surface area contributed by atoms with E-state index in [2.05, 4.69) is 50.0 Å². The zero-order valence-electron chi connectivity index (χ0n) is 13.1. The van der Waals surface area contributed by atoms with Crippen molar-refractivity contribution in [2.45, 2.75) is 39.5 Å². The van der Waals surface area contributed by atoms with Crippen LogP contribution >= 0.6 is 0 Å². The van der Waals surface area contributed by atoms with E-state index in [0.29, 0.717) is 12.5 Å². The number of hydrogen-bond acceptors (Lipinski definition) is 2. The molecule has 0 aliphatic carbocycles. The number of carbonyl (C=O) groups is 1. The lowest BCUT2D eigenvalue weighted by Crippen LogP contribution is -2.31. The monoisotopic (exact) mass is 274 g/mol. The fourth-order valence-corrected chi connectivity index (χ4v) is 2.63. The molecular weight excluding hydrogens is 248 g/mol. The summed E-state index contributed by atoms with van der Waals surface area (Å²) in [6, 6.07) is 8.16. The Bertz CT molecular complexity index is 459. The molecule has 1 aromatic carbocycles. The Balaban J connectivity index is 1.88. The molecule has 1 aliphatic heterocycles. The van der Waals surface area contributed by atoms with Crippen molar-refractivity contribution in [3.8, 4) is 0 Å². The van der Waals surface area contributed by atoms with Crippen molar-refractivity contribution in [3.63, 3.8) is 0 Å². The highest BCUT2D eigenvalue weighted by atomic mass is 16.2. The second-order valence-electron chi connectivity index (χ2n) is 7.00. The second kappa shape index (κ2) is 5.96. The van der Waals surface area contributed by atoms with Crippen LogP contribution in [-0.2, 0) is 10.2 Å². The van der Waals surface area contributed by atoms with Gasteiger partial charge in [0.05, 0.1) is 6.54 Å². The van der Waals surface area contributed by atoms with E-state index in [1.54, 1.807) is 0 Å². The van der Waals surface area contributed by atoms with E-state index in [4.69, 9.17) is 0 Å². The Morgan fingerprint density at radius 3 is 2.45 bits per heavy atom. The van der Waals surface area contributed by atoms with Gasteiger partial charge in [-0.1, -0.05) is 39.8 Å². The van der Waals surface area contributed by atoms with Crippen LogP contribution in [0.5, 0.6) is 0 Å². The van der Waals surface area contributed by atoms with Gasteiger partial charge in [-0.25, -0.2) is 0 Å². The van der Waals surface area contributed by atoms with E-state index in [9.17, 15) is 4.79 Å². The number of carbonyl (C=O) groups excluding carboxylic acids is 1. The lowest BCUT2D eigenvalue weighted by atomic mass is 9.87. The number of nitrogens with one attached hydrogen (secondary N) is 1. The number of rotatable bonds is 3. The van der Waals surface area contributed by atoms with Gasteiger partial charge >= 0.3 is 0 Å². The maximum Gasteiger partial charge on any atom is 0.238 e. The lowest BCUT2D eigenvalue weighted by Gasteiger charge is -2.19. The SMILES string of the molecule is CC1CCN(CC(=O)Nc2ccc(C(C)(C)C)cc2)C1. The molecule has 3 heteroatoms. The normalized spacial score (nSPS) is 20.1. The maximum atomic E-state index is 12.0. The fourth-order valence-electron chi connectivity index (χ4n) is 2.63. The van der Waals surface area contributed by atoms with Gasteiger partial charge in [-0.3, -0.25) is 9.69 Å². The molecule has 0 radical (unpaired) electrons. The summed E-state index contributed by atoms with van der Waals surface area (Å²) in [6.45, 7) is 11.4. The second-order valence-corrected chi connectivity index (χ2v) is 7.00. The third-order valence-electron chi connectivity index (χ3n) is 3.91. The molecular formula is C17H26N2O. The van der Waals surface area contributed by atoms with E-state index in [-0.39, 0.29) is 11.3 Å². The summed E-state index contributed by atoms with van der Waals surface area (Å²) < 4.78 is 0. The van der Waals surface area contributed by atoms with Gasteiger partial charge in [-0.2, -0.15) is 0 Å². The van der Waals surface area contributed by atoms with Crippen LogP contribution in [0.3, 0.4) is 0 Å². The largest absolute Gasteiger partial charge is 0.325 e. The number of nitrogens with zero attached hydrogens (tertiary/aromatic N) is 1. The predicted molar refractivity (Wildman–Crippen MR) is 84.0 cm³/mol. The molecule has 1 heterocycles. The van der Waals surface area contributed by atoms with E-state index in [1.807, 2.05) is 12.1 Å². The van der Waals surface area contributed by atoms with Crippen molar-refractivity contribution in [3.05, 3.63) is 29.8 Å². The van der Waals surface area contributed by atoms with Crippen LogP contribution in [0.25, 0.3) is 0 Å². The topological polar surface area (TPSA) is 32.3 Å². The highest BCUT2D eigenvalue weighted by molar-refractivity contribution is 5.92. The van der Waals surface area contributed by atoms with Crippen LogP contribution in [0.2, 0.25) is 0 Å². The number of hydrogen-bond donors (Lipinski definition) is 1. The zero-order valence-corrected chi connectivity index (χ0v) is 13.1. The zero-order chi connectivity index (χ0) is 14.8. The fraction of sp³-hybridized carbons (Fsp3) is 0.588. The van der Waals surface area contributed by atoms with Gasteiger partial charge in [0.15, 0.2) is 0 Å². The first-order valence-electron chi connectivity index (χ1n) is 7.47. The number of amides is 1. The Morgan fingerprint density at radius 2 is 1.95 bits per heavy atom. The minimum Gasteiger partial charge on any atom is -0.325 e. The predicted octanol–water partition coefficient (Wildman–Crippen LogP) is 3.26. The van der Waals surface area contributed by atoms with E-state index < -0.39 is 0 Å². The van der Waals surface area contributed by atoms with Crippen LogP contribution in [0.4, 0.5) is 5.69 Å². The summed E-state index contributed by atoms with van der Waals surface area (Å²) in [5, 5.41) is 2.98. The molecule has 0 bridgehead atoms. The third kappa shape index (κ3) is 4.07. The average Bonchev–Trinajstić information content (AvgIpc) is 2.74. The molecule has 0 spiro atoms. The van der Waals surface area contributed by atoms with Gasteiger partial charge in [-0.15, -0.1) is 0 Å². The molecule has 1 N–H and O–H groups in total. The van der Waals surface area contributed by atoms with Gasteiger partial charge in [0.2, 0.25) is 5.91 Å². The molecule has 3 nitrogen and oxygen atoms in total. The highest BCUT2D eigenvalue weighted by Gasteiger charge is 2.20. The van der Waals surface area contributed by atoms with Crippen LogP contribution in [0.15, 0.2) is 24.3 Å². The smallest absolute Gasteiger partial charge is 0.238 e. The molecule has 1 unspecified atom stereocenters. The first-order valence-corrected chi connectivity index (χ1v) is 7.47. The van der Waals surface area contributed by atoms with Crippen LogP contribution in [-0.4, -0.2) is 30.4 Å². The molecule has 1 fully saturated rings. The van der Waals surface area contributed by atoms with Crippen molar-refractivity contribution in [1.82, 2.24) is 4.90 Å². The standard InChI is InChI=1S/C17H26N2O/c1-13-9-10-19(11-13)12-16(20)18-15-7-5-14(6-8-15)17(2,3)4/h5-8,13H,9-12H2,1-4H3,(H,18,20). The number of benzene rings is 1. The number of likely N-dealkylation sites (tertiary alicyclic amines) is 1. The summed E-state index contributed by atoms with van der Waals surface area (Å²) in [5.74, 6) is 0.802. The summed E-state index contributed by atoms with van der Waals surface area (Å²) in [7, 11) is 0. The van der Waals surface area contributed by atoms with Crippen molar-refractivity contribution in [2.24, 2.45) is 5.92 Å². The Kier molecular flexibility index (Phi) is 4.48. The van der Waals surface area contributed by atoms with Crippen molar-refractivity contribution in [1.29, 1.82) is 0 Å². The van der Waals surface area contributed by atoms with Gasteiger partial charge in [-0.05, 0) is 42.0 Å². The molecule has 0 aromatic heterocycles. The highest BCUT2D eigenvalue weighted by Crippen LogP contribution is 2.23. The van der Waals surface area contributed by atoms with Crippen LogP contribution < -0.4 is 5.32 Å². The van der Waals surface area contributed by atoms with Gasteiger partial charge in [0.1, 0.15) is 0 Å². The number of anilines is 1. The third-order valence-corrected chi connectivity index (χ3v) is 3.91. The van der Waals surface area contributed by atoms with Crippen LogP contribution in [0.1, 0.15) is 39.7 Å².